The Balaban J connectivity index is 2.14. The second-order valence-electron chi connectivity index (χ2n) is 17.5. The second kappa shape index (κ2) is 38.8. The maximum Gasteiger partial charge on any atom is 0.397 e. The quantitative estimate of drug-likeness (QED) is 0.0174. The van der Waals surface area contributed by atoms with Gasteiger partial charge in [0.25, 0.3) is 0 Å². The average Bonchev–Trinajstić information content (AvgIpc) is 3.24. The molecule has 1 heterocycles. The summed E-state index contributed by atoms with van der Waals surface area (Å²) in [6, 6.07) is -1.03. The summed E-state index contributed by atoms with van der Waals surface area (Å²) in [5.41, 5.74) is 0. The third-order valence-electron chi connectivity index (χ3n) is 11.9. The number of aliphatic hydroxyl groups is 5. The monoisotopic (exact) mass is 906 g/mol. The van der Waals surface area contributed by atoms with Crippen molar-refractivity contribution in [3.63, 3.8) is 0 Å². The molecule has 14 heteroatoms. The number of allylic oxidation sites excluding steroid dienone is 4. The van der Waals surface area contributed by atoms with Crippen LogP contribution in [0, 0.1) is 0 Å². The number of nitrogens with one attached hydrogen (secondary N) is 1. The molecule has 0 saturated carbocycles. The van der Waals surface area contributed by atoms with Crippen LogP contribution in [-0.2, 0) is 28.9 Å². The molecule has 0 radical (unpaired) electrons. The predicted octanol–water partition coefficient (Wildman–Crippen LogP) is 9.08. The van der Waals surface area contributed by atoms with E-state index in [9.17, 15) is 38.7 Å². The number of carbonyl (C=O) groups is 1. The molecule has 1 saturated heterocycles. The van der Waals surface area contributed by atoms with Crippen molar-refractivity contribution in [2.45, 2.75) is 262 Å². The Bertz CT molecular complexity index is 1220. The number of ether oxygens (including phenoxy) is 2. The van der Waals surface area contributed by atoms with Gasteiger partial charge in [-0.15, -0.1) is 0 Å². The maximum absolute atomic E-state index is 13.0. The van der Waals surface area contributed by atoms with Gasteiger partial charge in [0.2, 0.25) is 5.91 Å². The van der Waals surface area contributed by atoms with E-state index in [1.54, 1.807) is 0 Å². The highest BCUT2D eigenvalue weighted by molar-refractivity contribution is 7.80. The van der Waals surface area contributed by atoms with Crippen LogP contribution in [0.4, 0.5) is 0 Å². The SMILES string of the molecule is CCCCCCCCCCC/C=C\C/C=C\CCCCCCCCCCCCCCCCC(O)C(=O)NC(COC1OC(CO)C(O)C(OS(=O)(=O)O)C1O)C(O)CCCCC. The van der Waals surface area contributed by atoms with Gasteiger partial charge in [-0.05, 0) is 44.9 Å². The van der Waals surface area contributed by atoms with E-state index in [1.807, 2.05) is 6.92 Å². The number of amides is 1. The van der Waals surface area contributed by atoms with Crippen molar-refractivity contribution in [2.75, 3.05) is 13.2 Å². The summed E-state index contributed by atoms with van der Waals surface area (Å²) in [7, 11) is -5.10. The van der Waals surface area contributed by atoms with Gasteiger partial charge in [0.15, 0.2) is 6.29 Å². The zero-order valence-corrected chi connectivity index (χ0v) is 39.6. The molecule has 8 unspecified atom stereocenters. The lowest BCUT2D eigenvalue weighted by Gasteiger charge is -2.41. The minimum Gasteiger partial charge on any atom is -0.394 e. The molecule has 8 atom stereocenters. The smallest absolute Gasteiger partial charge is 0.394 e. The summed E-state index contributed by atoms with van der Waals surface area (Å²) in [5.74, 6) is -0.681. The van der Waals surface area contributed by atoms with Crippen molar-refractivity contribution < 1.29 is 57.0 Å². The molecule has 7 N–H and O–H groups in total. The summed E-state index contributed by atoms with van der Waals surface area (Å²) in [6.07, 6.45) is 33.8. The summed E-state index contributed by atoms with van der Waals surface area (Å²) < 4.78 is 47.1. The molecule has 1 fully saturated rings. The highest BCUT2D eigenvalue weighted by Gasteiger charge is 2.48. The minimum atomic E-state index is -5.10. The van der Waals surface area contributed by atoms with Crippen LogP contribution in [-0.4, -0.2) is 107 Å². The predicted molar refractivity (Wildman–Crippen MR) is 247 cm³/mol. The van der Waals surface area contributed by atoms with Crippen LogP contribution in [0.2, 0.25) is 0 Å². The first-order chi connectivity index (χ1) is 29.9. The van der Waals surface area contributed by atoms with Gasteiger partial charge >= 0.3 is 10.4 Å². The lowest BCUT2D eigenvalue weighted by Crippen LogP contribution is -2.61. The topological polar surface area (TPSA) is 212 Å². The molecule has 62 heavy (non-hydrogen) atoms. The van der Waals surface area contributed by atoms with Crippen LogP contribution in [0.1, 0.15) is 213 Å². The minimum absolute atomic E-state index is 0.258. The van der Waals surface area contributed by atoms with Gasteiger partial charge < -0.3 is 40.3 Å². The molecule has 366 valence electrons. The second-order valence-corrected chi connectivity index (χ2v) is 18.6. The lowest BCUT2D eigenvalue weighted by molar-refractivity contribution is -0.298. The Morgan fingerprint density at radius 3 is 1.55 bits per heavy atom. The molecule has 1 rings (SSSR count). The number of carbonyl (C=O) groups excluding carboxylic acids is 1. The zero-order valence-electron chi connectivity index (χ0n) is 38.8. The molecule has 0 aliphatic carbocycles. The van der Waals surface area contributed by atoms with Gasteiger partial charge in [-0.3, -0.25) is 9.35 Å². The molecule has 0 aromatic heterocycles. The number of unbranched alkanes of at least 4 members (excludes halogenated alkanes) is 25. The van der Waals surface area contributed by atoms with Crippen molar-refractivity contribution in [1.29, 1.82) is 0 Å². The highest BCUT2D eigenvalue weighted by Crippen LogP contribution is 2.26. The van der Waals surface area contributed by atoms with E-state index < -0.39 is 78.5 Å². The Morgan fingerprint density at radius 1 is 0.645 bits per heavy atom. The Labute approximate surface area is 376 Å². The van der Waals surface area contributed by atoms with E-state index in [0.717, 1.165) is 38.5 Å². The van der Waals surface area contributed by atoms with Gasteiger partial charge in [0, 0.05) is 0 Å². The maximum atomic E-state index is 13.0. The summed E-state index contributed by atoms with van der Waals surface area (Å²) in [6.45, 7) is 3.07. The zero-order chi connectivity index (χ0) is 45.7. The van der Waals surface area contributed by atoms with Gasteiger partial charge in [-0.1, -0.05) is 192 Å². The fourth-order valence-corrected chi connectivity index (χ4v) is 8.42. The van der Waals surface area contributed by atoms with Crippen LogP contribution in [0.3, 0.4) is 0 Å². The van der Waals surface area contributed by atoms with Gasteiger partial charge in [-0.25, -0.2) is 4.18 Å². The number of hydrogen-bond acceptors (Lipinski definition) is 11. The van der Waals surface area contributed by atoms with Crippen molar-refractivity contribution in [3.05, 3.63) is 24.3 Å². The van der Waals surface area contributed by atoms with Crippen LogP contribution in [0.25, 0.3) is 0 Å². The van der Waals surface area contributed by atoms with E-state index in [4.69, 9.17) is 14.0 Å². The largest absolute Gasteiger partial charge is 0.397 e. The third-order valence-corrected chi connectivity index (χ3v) is 12.3. The summed E-state index contributed by atoms with van der Waals surface area (Å²) in [4.78, 5) is 13.0. The van der Waals surface area contributed by atoms with Crippen molar-refractivity contribution in [2.24, 2.45) is 0 Å². The molecular formula is C48H91NO12S. The van der Waals surface area contributed by atoms with Gasteiger partial charge in [0.05, 0.1) is 25.4 Å². The first-order valence-electron chi connectivity index (χ1n) is 24.8. The molecule has 1 amide bonds. The van der Waals surface area contributed by atoms with Crippen molar-refractivity contribution in [1.82, 2.24) is 5.32 Å². The van der Waals surface area contributed by atoms with E-state index in [0.29, 0.717) is 19.3 Å². The van der Waals surface area contributed by atoms with Crippen LogP contribution in [0.15, 0.2) is 24.3 Å². The van der Waals surface area contributed by atoms with E-state index in [1.165, 1.54) is 135 Å². The highest BCUT2D eigenvalue weighted by atomic mass is 32.3. The fourth-order valence-electron chi connectivity index (χ4n) is 7.91. The van der Waals surface area contributed by atoms with E-state index in [2.05, 4.69) is 40.7 Å². The van der Waals surface area contributed by atoms with Gasteiger partial charge in [0.1, 0.15) is 30.5 Å². The number of hydrogen-bond donors (Lipinski definition) is 7. The Hall–Kier alpha value is -1.46. The number of aliphatic hydroxyl groups excluding tert-OH is 5. The normalized spacial score (nSPS) is 21.2. The molecule has 1 aliphatic rings. The fraction of sp³-hybridized carbons (Fsp3) is 0.896. The first kappa shape index (κ1) is 58.6. The van der Waals surface area contributed by atoms with Crippen molar-refractivity contribution in [3.8, 4) is 0 Å². The standard InChI is InChI=1S/C48H91NO12S/c1-3-5-7-8-9-10-11-12-13-14-15-16-17-18-19-20-21-22-23-24-25-26-27-28-29-30-31-32-33-35-37-42(52)47(55)49-40(41(51)36-34-6-4-2)39-59-48-45(54)46(61-62(56,57)58)44(53)43(38-50)60-48/h15-16,18-19,40-46,48,50-54H,3-14,17,20-39H2,1-2H3,(H,49,55)(H,56,57,58)/b16-15-,19-18-. The van der Waals surface area contributed by atoms with Crippen LogP contribution < -0.4 is 5.32 Å². The lowest BCUT2D eigenvalue weighted by atomic mass is 9.99. The molecule has 0 spiro atoms. The molecule has 0 aromatic rings. The summed E-state index contributed by atoms with van der Waals surface area (Å²) >= 11 is 0. The molecular weight excluding hydrogens is 815 g/mol. The molecule has 0 aromatic carbocycles. The van der Waals surface area contributed by atoms with Crippen LogP contribution in [0.5, 0.6) is 0 Å². The third kappa shape index (κ3) is 30.6. The molecule has 0 bridgehead atoms. The van der Waals surface area contributed by atoms with Crippen molar-refractivity contribution >= 4 is 16.3 Å². The van der Waals surface area contributed by atoms with E-state index >= 15 is 0 Å². The first-order valence-corrected chi connectivity index (χ1v) is 26.2. The Kier molecular flexibility index (Phi) is 36.6. The molecule has 13 nitrogen and oxygen atoms in total. The van der Waals surface area contributed by atoms with Crippen LogP contribution >= 0.6 is 0 Å². The Morgan fingerprint density at radius 2 is 1.08 bits per heavy atom. The van der Waals surface area contributed by atoms with E-state index in [-0.39, 0.29) is 6.42 Å². The summed E-state index contributed by atoms with van der Waals surface area (Å²) in [5, 5.41) is 54.6. The molecule has 1 aliphatic heterocycles. The van der Waals surface area contributed by atoms with Gasteiger partial charge in [-0.2, -0.15) is 8.42 Å². The average molecular weight is 906 g/mol. The number of rotatable bonds is 42.